The summed E-state index contributed by atoms with van der Waals surface area (Å²) in [5.41, 5.74) is 11.2. The Morgan fingerprint density at radius 1 is 0.348 bits per heavy atom. The minimum absolute atomic E-state index is 0.119. The molecule has 0 saturated carbocycles. The summed E-state index contributed by atoms with van der Waals surface area (Å²) < 4.78 is 0. The largest absolute Gasteiger partial charge is 0.0616 e. The van der Waals surface area contributed by atoms with E-state index in [1.165, 1.54) is 109 Å². The lowest BCUT2D eigenvalue weighted by atomic mass is 9.78. The second-order valence-electron chi connectivity index (χ2n) is 14.9. The Hall–Kier alpha value is -5.20. The molecule has 0 aromatic heterocycles. The predicted molar refractivity (Wildman–Crippen MR) is 198 cm³/mol. The van der Waals surface area contributed by atoms with Crippen LogP contribution in [0.4, 0.5) is 0 Å². The SMILES string of the molecule is CC1(C)c2cc3c(cc2-c2c1cc1ccc4cccc5ccc2c1c45)C(C)(C)c1c-3c2c3ccccc3ccc2c2ccccc12. The Kier molecular flexibility index (Phi) is 4.33. The molecule has 0 amide bonds. The smallest absolute Gasteiger partial charge is 0.0165 e. The lowest BCUT2D eigenvalue weighted by molar-refractivity contribution is 0.655. The molecule has 0 nitrogen and oxygen atoms in total. The van der Waals surface area contributed by atoms with E-state index in [0.717, 1.165) is 0 Å². The highest BCUT2D eigenvalue weighted by Gasteiger charge is 2.44. The van der Waals surface area contributed by atoms with Gasteiger partial charge in [-0.2, -0.15) is 0 Å². The lowest BCUT2D eigenvalue weighted by Gasteiger charge is -2.25. The van der Waals surface area contributed by atoms with Gasteiger partial charge < -0.3 is 0 Å². The summed E-state index contributed by atoms with van der Waals surface area (Å²) in [4.78, 5) is 0. The van der Waals surface area contributed by atoms with Crippen LogP contribution in [-0.2, 0) is 10.8 Å². The first-order chi connectivity index (χ1) is 22.3. The second kappa shape index (κ2) is 7.95. The Bertz CT molecular complexity index is 2830. The highest BCUT2D eigenvalue weighted by molar-refractivity contribution is 6.28. The highest BCUT2D eigenvalue weighted by Crippen LogP contribution is 2.61. The van der Waals surface area contributed by atoms with Crippen LogP contribution in [0.3, 0.4) is 0 Å². The van der Waals surface area contributed by atoms with Crippen molar-refractivity contribution >= 4 is 64.6 Å². The van der Waals surface area contributed by atoms with Crippen molar-refractivity contribution in [2.45, 2.75) is 38.5 Å². The molecule has 46 heavy (non-hydrogen) atoms. The van der Waals surface area contributed by atoms with Crippen LogP contribution in [-0.4, -0.2) is 0 Å². The minimum atomic E-state index is -0.152. The Morgan fingerprint density at radius 2 is 0.935 bits per heavy atom. The molecular formula is C46H32. The van der Waals surface area contributed by atoms with Crippen LogP contribution in [0.5, 0.6) is 0 Å². The average molecular weight is 585 g/mol. The lowest BCUT2D eigenvalue weighted by Crippen LogP contribution is -2.17. The van der Waals surface area contributed by atoms with Crippen LogP contribution >= 0.6 is 0 Å². The van der Waals surface area contributed by atoms with E-state index in [-0.39, 0.29) is 10.8 Å². The molecule has 9 aromatic rings. The van der Waals surface area contributed by atoms with Crippen molar-refractivity contribution in [1.82, 2.24) is 0 Å². The molecule has 2 aliphatic carbocycles. The second-order valence-corrected chi connectivity index (χ2v) is 14.9. The zero-order valence-electron chi connectivity index (χ0n) is 26.5. The van der Waals surface area contributed by atoms with Crippen molar-refractivity contribution in [3.8, 4) is 22.3 Å². The maximum atomic E-state index is 2.60. The summed E-state index contributed by atoms with van der Waals surface area (Å²) in [5, 5.41) is 16.3. The number of hydrogen-bond acceptors (Lipinski definition) is 0. The predicted octanol–water partition coefficient (Wildman–Crippen LogP) is 12.7. The maximum absolute atomic E-state index is 2.60. The van der Waals surface area contributed by atoms with Crippen molar-refractivity contribution in [2.75, 3.05) is 0 Å². The van der Waals surface area contributed by atoms with Gasteiger partial charge in [-0.1, -0.05) is 131 Å². The number of fused-ring (bicyclic) bond motifs is 14. The van der Waals surface area contributed by atoms with Gasteiger partial charge in [0, 0.05) is 10.8 Å². The van der Waals surface area contributed by atoms with Gasteiger partial charge in [0.2, 0.25) is 0 Å². The van der Waals surface area contributed by atoms with E-state index in [1.54, 1.807) is 0 Å². The van der Waals surface area contributed by atoms with Gasteiger partial charge in [-0.25, -0.2) is 0 Å². The molecule has 0 heterocycles. The van der Waals surface area contributed by atoms with Gasteiger partial charge in [0.25, 0.3) is 0 Å². The average Bonchev–Trinajstić information content (AvgIpc) is 3.45. The number of rotatable bonds is 0. The number of hydrogen-bond donors (Lipinski definition) is 0. The van der Waals surface area contributed by atoms with Crippen LogP contribution in [0.1, 0.15) is 49.9 Å². The fourth-order valence-corrected chi connectivity index (χ4v) is 9.80. The van der Waals surface area contributed by atoms with Gasteiger partial charge >= 0.3 is 0 Å². The zero-order chi connectivity index (χ0) is 30.7. The molecule has 0 bridgehead atoms. The normalized spacial score (nSPS) is 15.7. The van der Waals surface area contributed by atoms with Crippen LogP contribution in [0.2, 0.25) is 0 Å². The molecule has 0 aliphatic heterocycles. The summed E-state index contributed by atoms with van der Waals surface area (Å²) in [5.74, 6) is 0. The van der Waals surface area contributed by atoms with E-state index < -0.39 is 0 Å². The minimum Gasteiger partial charge on any atom is -0.0616 e. The van der Waals surface area contributed by atoms with E-state index in [2.05, 4.69) is 149 Å². The molecule has 0 N–H and O–H groups in total. The molecule has 0 atom stereocenters. The fraction of sp³-hybridized carbons (Fsp3) is 0.130. The fourth-order valence-electron chi connectivity index (χ4n) is 9.80. The Morgan fingerprint density at radius 3 is 1.74 bits per heavy atom. The highest BCUT2D eigenvalue weighted by atomic mass is 14.5. The van der Waals surface area contributed by atoms with Gasteiger partial charge in [-0.05, 0) is 127 Å². The summed E-state index contributed by atoms with van der Waals surface area (Å²) >= 11 is 0. The van der Waals surface area contributed by atoms with Gasteiger partial charge in [0.1, 0.15) is 0 Å². The summed E-state index contributed by atoms with van der Waals surface area (Å²) in [6.45, 7) is 9.80. The molecule has 0 fully saturated rings. The van der Waals surface area contributed by atoms with E-state index >= 15 is 0 Å². The van der Waals surface area contributed by atoms with Crippen molar-refractivity contribution in [1.29, 1.82) is 0 Å². The van der Waals surface area contributed by atoms with Crippen LogP contribution < -0.4 is 0 Å². The monoisotopic (exact) mass is 584 g/mol. The molecule has 0 heteroatoms. The number of benzene rings is 9. The maximum Gasteiger partial charge on any atom is 0.0165 e. The van der Waals surface area contributed by atoms with Crippen molar-refractivity contribution < 1.29 is 0 Å². The molecule has 0 radical (unpaired) electrons. The Balaban J connectivity index is 1.31. The van der Waals surface area contributed by atoms with Crippen molar-refractivity contribution in [3.05, 3.63) is 144 Å². The van der Waals surface area contributed by atoms with Crippen molar-refractivity contribution in [3.63, 3.8) is 0 Å². The summed E-state index contributed by atoms with van der Waals surface area (Å²) in [6.07, 6.45) is 0. The van der Waals surface area contributed by atoms with Crippen LogP contribution in [0.25, 0.3) is 86.9 Å². The molecule has 216 valence electrons. The Labute approximate surface area is 268 Å². The van der Waals surface area contributed by atoms with E-state index in [0.29, 0.717) is 0 Å². The zero-order valence-corrected chi connectivity index (χ0v) is 26.5. The van der Waals surface area contributed by atoms with Crippen LogP contribution in [0, 0.1) is 0 Å². The van der Waals surface area contributed by atoms with Gasteiger partial charge in [0.15, 0.2) is 0 Å². The molecule has 9 aromatic carbocycles. The third kappa shape index (κ3) is 2.76. The quantitative estimate of drug-likeness (QED) is 0.156. The first-order valence-corrected chi connectivity index (χ1v) is 16.6. The van der Waals surface area contributed by atoms with Crippen molar-refractivity contribution in [2.24, 2.45) is 0 Å². The van der Waals surface area contributed by atoms with E-state index in [4.69, 9.17) is 0 Å². The first kappa shape index (κ1) is 25.0. The van der Waals surface area contributed by atoms with Gasteiger partial charge in [-0.3, -0.25) is 0 Å². The van der Waals surface area contributed by atoms with E-state index in [1.807, 2.05) is 0 Å². The van der Waals surface area contributed by atoms with Gasteiger partial charge in [0.05, 0.1) is 0 Å². The molecule has 2 aliphatic rings. The summed E-state index contributed by atoms with van der Waals surface area (Å²) in [7, 11) is 0. The first-order valence-electron chi connectivity index (χ1n) is 16.6. The third-order valence-electron chi connectivity index (χ3n) is 11.9. The standard InChI is InChI=1S/C46H32/c1-45(2)36-24-35-37(23-34(36)41-33-21-19-27-12-9-11-26-16-17-28(22-38(41)45)40(33)39(26)27)46(3,4)44-32-15-8-7-14-30(32)31-20-18-25-10-5-6-13-29(25)42(31)43(35)44/h5-24H,1-4H3. The summed E-state index contributed by atoms with van der Waals surface area (Å²) in [6, 6.07) is 46.5. The van der Waals surface area contributed by atoms with E-state index in [9.17, 15) is 0 Å². The molecule has 11 rings (SSSR count). The molecule has 0 spiro atoms. The third-order valence-corrected chi connectivity index (χ3v) is 11.9. The molecular weight excluding hydrogens is 553 g/mol. The topological polar surface area (TPSA) is 0 Å². The van der Waals surface area contributed by atoms with Gasteiger partial charge in [-0.15, -0.1) is 0 Å². The molecule has 0 saturated heterocycles. The molecule has 0 unspecified atom stereocenters. The van der Waals surface area contributed by atoms with Crippen LogP contribution in [0.15, 0.2) is 121 Å².